The van der Waals surface area contributed by atoms with E-state index >= 15 is 0 Å². The van der Waals surface area contributed by atoms with Gasteiger partial charge in [0.05, 0.1) is 13.1 Å². The molecule has 31 heavy (non-hydrogen) atoms. The van der Waals surface area contributed by atoms with E-state index in [1.807, 2.05) is 37.5 Å². The van der Waals surface area contributed by atoms with Crippen LogP contribution in [-0.2, 0) is 19.6 Å². The van der Waals surface area contributed by atoms with Crippen LogP contribution in [-0.4, -0.2) is 22.1 Å². The maximum atomic E-state index is 6.01. The van der Waals surface area contributed by atoms with E-state index in [0.29, 0.717) is 13.1 Å². The van der Waals surface area contributed by atoms with Crippen LogP contribution >= 0.6 is 0 Å². The number of para-hydroxylation sites is 1. The first-order valence-electron chi connectivity index (χ1n) is 10.7. The molecule has 0 aliphatic heterocycles. The first-order valence-corrected chi connectivity index (χ1v) is 10.7. The Labute approximate surface area is 183 Å². The van der Waals surface area contributed by atoms with Crippen LogP contribution in [0.3, 0.4) is 0 Å². The molecule has 160 valence electrons. The van der Waals surface area contributed by atoms with Crippen LogP contribution < -0.4 is 10.6 Å². The van der Waals surface area contributed by atoms with Gasteiger partial charge in [0.2, 0.25) is 0 Å². The Balaban J connectivity index is 1.43. The summed E-state index contributed by atoms with van der Waals surface area (Å²) in [6.45, 7) is 8.99. The van der Waals surface area contributed by atoms with E-state index < -0.39 is 0 Å². The van der Waals surface area contributed by atoms with E-state index in [-0.39, 0.29) is 0 Å². The highest BCUT2D eigenvalue weighted by Crippen LogP contribution is 2.24. The Bertz CT molecular complexity index is 1190. The maximum Gasteiger partial charge on any atom is 0.191 e. The summed E-state index contributed by atoms with van der Waals surface area (Å²) in [6.07, 6.45) is 3.84. The molecule has 2 N–H and O–H groups in total. The zero-order valence-electron chi connectivity index (χ0n) is 18.4. The van der Waals surface area contributed by atoms with Gasteiger partial charge in [-0.25, -0.2) is 9.98 Å². The minimum atomic E-state index is 0.590. The third-order valence-electron chi connectivity index (χ3n) is 5.39. The van der Waals surface area contributed by atoms with Gasteiger partial charge in [-0.15, -0.1) is 0 Å². The van der Waals surface area contributed by atoms with Gasteiger partial charge in [0.25, 0.3) is 0 Å². The van der Waals surface area contributed by atoms with Gasteiger partial charge in [-0.2, -0.15) is 0 Å². The minimum Gasteiger partial charge on any atom is -0.459 e. The molecule has 0 saturated heterocycles. The number of aromatic nitrogens is 2. The summed E-state index contributed by atoms with van der Waals surface area (Å²) < 4.78 is 8.16. The van der Waals surface area contributed by atoms with Gasteiger partial charge in [-0.1, -0.05) is 42.5 Å². The molecule has 0 saturated carbocycles. The first kappa shape index (κ1) is 20.7. The van der Waals surface area contributed by atoms with E-state index in [1.165, 1.54) is 16.7 Å². The van der Waals surface area contributed by atoms with E-state index in [1.54, 1.807) is 0 Å². The molecule has 0 amide bonds. The topological polar surface area (TPSA) is 67.4 Å². The van der Waals surface area contributed by atoms with Crippen LogP contribution in [0.25, 0.3) is 11.0 Å². The quantitative estimate of drug-likeness (QED) is 0.343. The summed E-state index contributed by atoms with van der Waals surface area (Å²) in [7, 11) is 0. The van der Waals surface area contributed by atoms with Gasteiger partial charge in [-0.3, -0.25) is 0 Å². The summed E-state index contributed by atoms with van der Waals surface area (Å²) >= 11 is 0. The SMILES string of the molecule is CCNC(=NCc1cccc(Cn2ccnc2C)c1)NCc1oc2ccccc2c1C. The smallest absolute Gasteiger partial charge is 0.191 e. The van der Waals surface area contributed by atoms with Gasteiger partial charge in [0.1, 0.15) is 17.2 Å². The number of rotatable bonds is 7. The molecular weight excluding hydrogens is 386 g/mol. The van der Waals surface area contributed by atoms with Crippen LogP contribution in [0.2, 0.25) is 0 Å². The number of hydrogen-bond donors (Lipinski definition) is 2. The molecule has 0 aliphatic carbocycles. The van der Waals surface area contributed by atoms with E-state index in [9.17, 15) is 0 Å². The summed E-state index contributed by atoms with van der Waals surface area (Å²) in [4.78, 5) is 9.07. The maximum absolute atomic E-state index is 6.01. The van der Waals surface area contributed by atoms with Crippen molar-refractivity contribution < 1.29 is 4.42 Å². The molecule has 2 aromatic carbocycles. The average molecular weight is 416 g/mol. The van der Waals surface area contributed by atoms with Crippen molar-refractivity contribution in [2.45, 2.75) is 40.4 Å². The Hall–Kier alpha value is -3.54. The van der Waals surface area contributed by atoms with Crippen molar-refractivity contribution in [1.29, 1.82) is 0 Å². The van der Waals surface area contributed by atoms with Crippen molar-refractivity contribution >= 4 is 16.9 Å². The lowest BCUT2D eigenvalue weighted by Gasteiger charge is -2.11. The van der Waals surface area contributed by atoms with Crippen molar-refractivity contribution in [3.05, 3.63) is 89.2 Å². The van der Waals surface area contributed by atoms with Crippen molar-refractivity contribution in [2.24, 2.45) is 4.99 Å². The normalized spacial score (nSPS) is 11.8. The molecule has 0 aliphatic rings. The monoisotopic (exact) mass is 415 g/mol. The number of hydrogen-bond acceptors (Lipinski definition) is 3. The van der Waals surface area contributed by atoms with E-state index in [4.69, 9.17) is 9.41 Å². The predicted octanol–water partition coefficient (Wildman–Crippen LogP) is 4.55. The number of nitrogens with one attached hydrogen (secondary N) is 2. The zero-order chi connectivity index (χ0) is 21.6. The first-order chi connectivity index (χ1) is 15.1. The molecule has 0 bridgehead atoms. The predicted molar refractivity (Wildman–Crippen MR) is 125 cm³/mol. The molecule has 0 atom stereocenters. The average Bonchev–Trinajstić information content (AvgIpc) is 3.33. The molecule has 0 fully saturated rings. The van der Waals surface area contributed by atoms with Gasteiger partial charge in [0, 0.05) is 36.4 Å². The summed E-state index contributed by atoms with van der Waals surface area (Å²) in [5.74, 6) is 2.73. The molecule has 4 aromatic rings. The molecule has 2 aromatic heterocycles. The number of furan rings is 1. The lowest BCUT2D eigenvalue weighted by atomic mass is 10.1. The van der Waals surface area contributed by atoms with Gasteiger partial charge in [0.15, 0.2) is 5.96 Å². The number of fused-ring (bicyclic) bond motifs is 1. The van der Waals surface area contributed by atoms with E-state index in [0.717, 1.165) is 41.6 Å². The third kappa shape index (κ3) is 4.97. The van der Waals surface area contributed by atoms with Gasteiger partial charge < -0.3 is 19.6 Å². The second kappa shape index (κ2) is 9.51. The second-order valence-electron chi connectivity index (χ2n) is 7.62. The number of nitrogens with zero attached hydrogens (tertiary/aromatic N) is 3. The van der Waals surface area contributed by atoms with Crippen LogP contribution in [0.1, 0.15) is 35.2 Å². The van der Waals surface area contributed by atoms with Crippen LogP contribution in [0.4, 0.5) is 0 Å². The number of imidazole rings is 1. The fourth-order valence-corrected chi connectivity index (χ4v) is 3.66. The minimum absolute atomic E-state index is 0.590. The highest BCUT2D eigenvalue weighted by Gasteiger charge is 2.10. The molecule has 0 spiro atoms. The van der Waals surface area contributed by atoms with E-state index in [2.05, 4.69) is 64.4 Å². The van der Waals surface area contributed by atoms with Crippen molar-refractivity contribution in [3.8, 4) is 0 Å². The standard InChI is InChI=1S/C25H29N5O/c1-4-26-25(29-16-24-18(2)22-10-5-6-11-23(22)31-24)28-15-20-8-7-9-21(14-20)17-30-13-12-27-19(30)3/h5-14H,4,15-17H2,1-3H3,(H2,26,28,29). The molecule has 0 unspecified atom stereocenters. The van der Waals surface area contributed by atoms with Crippen molar-refractivity contribution in [2.75, 3.05) is 6.54 Å². The van der Waals surface area contributed by atoms with Crippen LogP contribution in [0.5, 0.6) is 0 Å². The summed E-state index contributed by atoms with van der Waals surface area (Å²) in [6, 6.07) is 16.7. The van der Waals surface area contributed by atoms with Crippen molar-refractivity contribution in [1.82, 2.24) is 20.2 Å². The molecule has 0 radical (unpaired) electrons. The molecule has 4 rings (SSSR count). The highest BCUT2D eigenvalue weighted by atomic mass is 16.3. The molecule has 6 nitrogen and oxygen atoms in total. The van der Waals surface area contributed by atoms with Crippen molar-refractivity contribution in [3.63, 3.8) is 0 Å². The number of guanidine groups is 1. The van der Waals surface area contributed by atoms with Gasteiger partial charge >= 0.3 is 0 Å². The lowest BCUT2D eigenvalue weighted by Crippen LogP contribution is -2.36. The number of aliphatic imine (C=N–C) groups is 1. The van der Waals surface area contributed by atoms with Gasteiger partial charge in [-0.05, 0) is 38.0 Å². The number of benzene rings is 2. The van der Waals surface area contributed by atoms with Crippen LogP contribution in [0.15, 0.2) is 70.3 Å². The summed E-state index contributed by atoms with van der Waals surface area (Å²) in [5.41, 5.74) is 4.50. The molecule has 6 heteroatoms. The second-order valence-corrected chi connectivity index (χ2v) is 7.62. The Morgan fingerprint density at radius 1 is 1.06 bits per heavy atom. The number of aryl methyl sites for hydroxylation is 2. The highest BCUT2D eigenvalue weighted by molar-refractivity contribution is 5.83. The largest absolute Gasteiger partial charge is 0.459 e. The molecule has 2 heterocycles. The zero-order valence-corrected chi connectivity index (χ0v) is 18.4. The summed E-state index contributed by atoms with van der Waals surface area (Å²) in [5, 5.41) is 7.88. The fraction of sp³-hybridized carbons (Fsp3) is 0.280. The lowest BCUT2D eigenvalue weighted by molar-refractivity contribution is 0.534. The van der Waals surface area contributed by atoms with Crippen LogP contribution in [0, 0.1) is 13.8 Å². The fourth-order valence-electron chi connectivity index (χ4n) is 3.66. The molecular formula is C25H29N5O. The Kier molecular flexibility index (Phi) is 6.36. The Morgan fingerprint density at radius 2 is 1.90 bits per heavy atom. The Morgan fingerprint density at radius 3 is 2.68 bits per heavy atom. The third-order valence-corrected chi connectivity index (χ3v) is 5.39.